The SMILES string of the molecule is Cc1ccc(-c2nnc(NC(=O)c3cc(S(=O)(=O)N4CCCCCC4)ccc3Cl)s2)cc1. The van der Waals surface area contributed by atoms with Gasteiger partial charge in [-0.1, -0.05) is 65.6 Å². The normalized spacial score (nSPS) is 15.3. The van der Waals surface area contributed by atoms with Crippen molar-refractivity contribution in [2.45, 2.75) is 37.5 Å². The summed E-state index contributed by atoms with van der Waals surface area (Å²) in [4.78, 5) is 12.9. The van der Waals surface area contributed by atoms with Gasteiger partial charge in [-0.15, -0.1) is 10.2 Å². The summed E-state index contributed by atoms with van der Waals surface area (Å²) in [7, 11) is -3.70. The molecule has 1 aromatic heterocycles. The maximum absolute atomic E-state index is 13.1. The fourth-order valence-corrected chi connectivity index (χ4v) is 6.01. The quantitative estimate of drug-likeness (QED) is 0.544. The molecule has 168 valence electrons. The van der Waals surface area contributed by atoms with E-state index in [2.05, 4.69) is 15.5 Å². The lowest BCUT2D eigenvalue weighted by Crippen LogP contribution is -2.32. The van der Waals surface area contributed by atoms with Crippen molar-refractivity contribution in [3.05, 3.63) is 58.6 Å². The summed E-state index contributed by atoms with van der Waals surface area (Å²) in [6, 6.07) is 12.1. The van der Waals surface area contributed by atoms with Crippen LogP contribution in [0.5, 0.6) is 0 Å². The van der Waals surface area contributed by atoms with Gasteiger partial charge in [0, 0.05) is 18.7 Å². The lowest BCUT2D eigenvalue weighted by molar-refractivity contribution is 0.102. The van der Waals surface area contributed by atoms with Crippen LogP contribution in [0.15, 0.2) is 47.4 Å². The monoisotopic (exact) mass is 490 g/mol. The van der Waals surface area contributed by atoms with Crippen molar-refractivity contribution >= 4 is 44.0 Å². The van der Waals surface area contributed by atoms with Crippen LogP contribution in [0, 0.1) is 6.92 Å². The summed E-state index contributed by atoms with van der Waals surface area (Å²) in [5.74, 6) is -0.533. The number of hydrogen-bond acceptors (Lipinski definition) is 6. The van der Waals surface area contributed by atoms with E-state index in [0.717, 1.165) is 36.8 Å². The zero-order valence-electron chi connectivity index (χ0n) is 17.5. The highest BCUT2D eigenvalue weighted by atomic mass is 35.5. The molecule has 0 saturated carbocycles. The number of anilines is 1. The first kappa shape index (κ1) is 22.8. The fraction of sp³-hybridized carbons (Fsp3) is 0.318. The molecular formula is C22H23ClN4O3S2. The molecule has 0 unspecified atom stereocenters. The number of benzene rings is 2. The molecule has 1 N–H and O–H groups in total. The Morgan fingerprint density at radius 3 is 2.41 bits per heavy atom. The standard InChI is InChI=1S/C22H23ClN4O3S2/c1-15-6-8-16(9-7-15)21-25-26-22(31-21)24-20(28)18-14-17(10-11-19(18)23)32(29,30)27-12-4-2-3-5-13-27/h6-11,14H,2-5,12-13H2,1H3,(H,24,26,28). The van der Waals surface area contributed by atoms with Crippen molar-refractivity contribution in [2.24, 2.45) is 0 Å². The number of carbonyl (C=O) groups excluding carboxylic acids is 1. The predicted octanol–water partition coefficient (Wildman–Crippen LogP) is 4.98. The number of carbonyl (C=O) groups is 1. The van der Waals surface area contributed by atoms with Crippen molar-refractivity contribution in [1.82, 2.24) is 14.5 Å². The molecule has 0 atom stereocenters. The third-order valence-corrected chi connectivity index (χ3v) is 8.44. The highest BCUT2D eigenvalue weighted by Gasteiger charge is 2.27. The first-order chi connectivity index (χ1) is 15.3. The Balaban J connectivity index is 1.55. The Kier molecular flexibility index (Phi) is 6.90. The van der Waals surface area contributed by atoms with E-state index in [4.69, 9.17) is 11.6 Å². The second-order valence-electron chi connectivity index (χ2n) is 7.69. The van der Waals surface area contributed by atoms with Gasteiger partial charge in [-0.3, -0.25) is 10.1 Å². The minimum atomic E-state index is -3.70. The van der Waals surface area contributed by atoms with E-state index in [0.29, 0.717) is 23.2 Å². The average molecular weight is 491 g/mol. The molecule has 1 fully saturated rings. The Bertz CT molecular complexity index is 1220. The third kappa shape index (κ3) is 5.01. The van der Waals surface area contributed by atoms with Gasteiger partial charge in [-0.25, -0.2) is 8.42 Å². The minimum absolute atomic E-state index is 0.0616. The Morgan fingerprint density at radius 1 is 1.03 bits per heavy atom. The average Bonchev–Trinajstić information content (AvgIpc) is 3.05. The summed E-state index contributed by atoms with van der Waals surface area (Å²) < 4.78 is 27.7. The molecule has 0 bridgehead atoms. The van der Waals surface area contributed by atoms with E-state index in [1.54, 1.807) is 0 Å². The van der Waals surface area contributed by atoms with Crippen LogP contribution in [0.3, 0.4) is 0 Å². The molecular weight excluding hydrogens is 468 g/mol. The molecule has 1 aliphatic rings. The van der Waals surface area contributed by atoms with Crippen molar-refractivity contribution in [1.29, 1.82) is 0 Å². The molecule has 3 aromatic rings. The predicted molar refractivity (Wildman–Crippen MR) is 127 cm³/mol. The highest BCUT2D eigenvalue weighted by molar-refractivity contribution is 7.89. The van der Waals surface area contributed by atoms with Gasteiger partial charge in [0.05, 0.1) is 15.5 Å². The lowest BCUT2D eigenvalue weighted by atomic mass is 10.2. The van der Waals surface area contributed by atoms with Crippen LogP contribution in [0.25, 0.3) is 10.6 Å². The number of rotatable bonds is 5. The van der Waals surface area contributed by atoms with Crippen LogP contribution >= 0.6 is 22.9 Å². The number of aryl methyl sites for hydroxylation is 1. The van der Waals surface area contributed by atoms with Gasteiger partial charge in [0.15, 0.2) is 0 Å². The minimum Gasteiger partial charge on any atom is -0.296 e. The summed E-state index contributed by atoms with van der Waals surface area (Å²) in [6.45, 7) is 2.97. The van der Waals surface area contributed by atoms with Gasteiger partial charge >= 0.3 is 0 Å². The maximum Gasteiger partial charge on any atom is 0.259 e. The summed E-state index contributed by atoms with van der Waals surface area (Å²) in [5, 5.41) is 12.0. The van der Waals surface area contributed by atoms with Crippen LogP contribution in [0.2, 0.25) is 5.02 Å². The van der Waals surface area contributed by atoms with Gasteiger partial charge in [0.2, 0.25) is 15.2 Å². The first-order valence-corrected chi connectivity index (χ1v) is 13.0. The van der Waals surface area contributed by atoms with Crippen LogP contribution in [0.1, 0.15) is 41.6 Å². The Hall–Kier alpha value is -2.33. The largest absolute Gasteiger partial charge is 0.296 e. The summed E-state index contributed by atoms with van der Waals surface area (Å²) in [5.41, 5.74) is 2.11. The van der Waals surface area contributed by atoms with Crippen molar-refractivity contribution in [3.8, 4) is 10.6 Å². The fourth-order valence-electron chi connectivity index (χ4n) is 3.52. The second kappa shape index (κ2) is 9.66. The number of nitrogens with zero attached hydrogens (tertiary/aromatic N) is 3. The lowest BCUT2D eigenvalue weighted by Gasteiger charge is -2.20. The molecule has 1 saturated heterocycles. The summed E-state index contributed by atoms with van der Waals surface area (Å²) in [6.07, 6.45) is 3.71. The molecule has 0 radical (unpaired) electrons. The van der Waals surface area contributed by atoms with Gasteiger partial charge in [-0.2, -0.15) is 4.31 Å². The molecule has 4 rings (SSSR count). The van der Waals surface area contributed by atoms with E-state index in [-0.39, 0.29) is 15.5 Å². The van der Waals surface area contributed by atoms with E-state index in [1.165, 1.54) is 33.8 Å². The van der Waals surface area contributed by atoms with Crippen molar-refractivity contribution in [3.63, 3.8) is 0 Å². The van der Waals surface area contributed by atoms with E-state index >= 15 is 0 Å². The molecule has 32 heavy (non-hydrogen) atoms. The zero-order valence-corrected chi connectivity index (χ0v) is 19.9. The van der Waals surface area contributed by atoms with Crippen LogP contribution in [0.4, 0.5) is 5.13 Å². The summed E-state index contributed by atoms with van der Waals surface area (Å²) >= 11 is 7.47. The Labute approximate surface area is 196 Å². The van der Waals surface area contributed by atoms with Crippen molar-refractivity contribution < 1.29 is 13.2 Å². The molecule has 0 spiro atoms. The van der Waals surface area contributed by atoms with Crippen molar-refractivity contribution in [2.75, 3.05) is 18.4 Å². The number of aromatic nitrogens is 2. The maximum atomic E-state index is 13.1. The molecule has 10 heteroatoms. The number of halogens is 1. The first-order valence-electron chi connectivity index (χ1n) is 10.4. The molecule has 1 amide bonds. The number of amides is 1. The number of hydrogen-bond donors (Lipinski definition) is 1. The molecule has 2 heterocycles. The van der Waals surface area contributed by atoms with Gasteiger partial charge < -0.3 is 0 Å². The van der Waals surface area contributed by atoms with E-state index in [1.807, 2.05) is 31.2 Å². The third-order valence-electron chi connectivity index (χ3n) is 5.33. The highest BCUT2D eigenvalue weighted by Crippen LogP contribution is 2.29. The van der Waals surface area contributed by atoms with E-state index in [9.17, 15) is 13.2 Å². The molecule has 0 aliphatic carbocycles. The smallest absolute Gasteiger partial charge is 0.259 e. The number of sulfonamides is 1. The number of nitrogens with one attached hydrogen (secondary N) is 1. The Morgan fingerprint density at radius 2 is 1.72 bits per heavy atom. The van der Waals surface area contributed by atoms with Crippen LogP contribution < -0.4 is 5.32 Å². The van der Waals surface area contributed by atoms with Crippen LogP contribution in [-0.2, 0) is 10.0 Å². The topological polar surface area (TPSA) is 92.3 Å². The molecule has 2 aromatic carbocycles. The van der Waals surface area contributed by atoms with E-state index < -0.39 is 15.9 Å². The zero-order chi connectivity index (χ0) is 22.7. The van der Waals surface area contributed by atoms with Gasteiger partial charge in [0.1, 0.15) is 5.01 Å². The second-order valence-corrected chi connectivity index (χ2v) is 11.0. The van der Waals surface area contributed by atoms with Gasteiger partial charge in [-0.05, 0) is 38.0 Å². The molecule has 7 nitrogen and oxygen atoms in total. The van der Waals surface area contributed by atoms with Crippen LogP contribution in [-0.4, -0.2) is 41.9 Å². The van der Waals surface area contributed by atoms with Gasteiger partial charge in [0.25, 0.3) is 5.91 Å². The molecule has 1 aliphatic heterocycles.